The molecule has 0 amide bonds. The van der Waals surface area contributed by atoms with Gasteiger partial charge in [-0.2, -0.15) is 13.2 Å². The van der Waals surface area contributed by atoms with Crippen molar-refractivity contribution in [3.8, 4) is 0 Å². The average Bonchev–Trinajstić information content (AvgIpc) is 2.69. The Morgan fingerprint density at radius 1 is 1.33 bits per heavy atom. The van der Waals surface area contributed by atoms with Gasteiger partial charge in [-0.3, -0.25) is 4.79 Å². The number of rotatable bonds is 6. The monoisotopic (exact) mass is 269 g/mol. The maximum Gasteiger partial charge on any atom is 0.403 e. The molecule has 1 rings (SSSR count). The summed E-state index contributed by atoms with van der Waals surface area (Å²) in [6.07, 6.45) is -2.03. The van der Waals surface area contributed by atoms with Crippen LogP contribution in [0.3, 0.4) is 0 Å². The molecule has 18 heavy (non-hydrogen) atoms. The van der Waals surface area contributed by atoms with Crippen LogP contribution in [-0.2, 0) is 4.79 Å². The largest absolute Gasteiger partial charge is 0.481 e. The Morgan fingerprint density at radius 2 is 1.94 bits per heavy atom. The molecule has 106 valence electrons. The van der Waals surface area contributed by atoms with E-state index in [0.717, 1.165) is 19.3 Å². The van der Waals surface area contributed by atoms with E-state index in [1.54, 1.807) is 0 Å². The molecule has 3 N–H and O–H groups in total. The molecule has 0 aromatic rings. The molecule has 1 aliphatic carbocycles. The van der Waals surface area contributed by atoms with Crippen LogP contribution in [0.1, 0.15) is 19.3 Å². The van der Waals surface area contributed by atoms with Crippen LogP contribution >= 0.6 is 0 Å². The number of carboxylic acid groups (broad SMARTS) is 1. The van der Waals surface area contributed by atoms with Crippen LogP contribution in [-0.4, -0.2) is 42.1 Å². The predicted octanol–water partition coefficient (Wildman–Crippen LogP) is 1.25. The van der Waals surface area contributed by atoms with Gasteiger partial charge in [0.25, 0.3) is 0 Å². The fourth-order valence-electron chi connectivity index (χ4n) is 2.38. The number of alkyl halides is 3. The van der Waals surface area contributed by atoms with Crippen molar-refractivity contribution in [2.75, 3.05) is 19.7 Å². The third-order valence-corrected chi connectivity index (χ3v) is 3.50. The SMILES string of the molecule is O=C(O)C(CNCC1CCCC1CO)C(F)(F)F. The lowest BCUT2D eigenvalue weighted by Crippen LogP contribution is -2.40. The van der Waals surface area contributed by atoms with Crippen molar-refractivity contribution in [1.82, 2.24) is 5.32 Å². The molecule has 3 atom stereocenters. The zero-order valence-electron chi connectivity index (χ0n) is 9.91. The molecule has 1 aliphatic rings. The summed E-state index contributed by atoms with van der Waals surface area (Å²) >= 11 is 0. The minimum atomic E-state index is -4.73. The molecule has 0 saturated heterocycles. The highest BCUT2D eigenvalue weighted by Gasteiger charge is 2.44. The summed E-state index contributed by atoms with van der Waals surface area (Å²) < 4.78 is 37.1. The highest BCUT2D eigenvalue weighted by molar-refractivity contribution is 5.71. The van der Waals surface area contributed by atoms with E-state index >= 15 is 0 Å². The van der Waals surface area contributed by atoms with Crippen LogP contribution in [0.25, 0.3) is 0 Å². The number of carboxylic acids is 1. The summed E-state index contributed by atoms with van der Waals surface area (Å²) in [4.78, 5) is 10.5. The molecule has 0 aliphatic heterocycles. The Kier molecular flexibility index (Phi) is 5.40. The van der Waals surface area contributed by atoms with Crippen LogP contribution in [0.15, 0.2) is 0 Å². The van der Waals surface area contributed by atoms with Gasteiger partial charge in [0.05, 0.1) is 0 Å². The number of hydrogen-bond acceptors (Lipinski definition) is 3. The molecular weight excluding hydrogens is 251 g/mol. The Hall–Kier alpha value is -0.820. The third-order valence-electron chi connectivity index (χ3n) is 3.50. The molecule has 7 heteroatoms. The van der Waals surface area contributed by atoms with Gasteiger partial charge < -0.3 is 15.5 Å². The van der Waals surface area contributed by atoms with E-state index in [-0.39, 0.29) is 18.4 Å². The quantitative estimate of drug-likeness (QED) is 0.678. The van der Waals surface area contributed by atoms with E-state index in [0.29, 0.717) is 6.54 Å². The standard InChI is InChI=1S/C11H18F3NO3/c12-11(13,14)9(10(17)18)5-15-4-7-2-1-3-8(7)6-16/h7-9,15-16H,1-6H2,(H,17,18). The highest BCUT2D eigenvalue weighted by Crippen LogP contribution is 2.31. The summed E-state index contributed by atoms with van der Waals surface area (Å²) in [7, 11) is 0. The Labute approximate surface area is 103 Å². The van der Waals surface area contributed by atoms with Crippen molar-refractivity contribution in [2.45, 2.75) is 25.4 Å². The van der Waals surface area contributed by atoms with Crippen molar-refractivity contribution >= 4 is 5.97 Å². The maximum atomic E-state index is 12.4. The van der Waals surface area contributed by atoms with Gasteiger partial charge in [-0.15, -0.1) is 0 Å². The summed E-state index contributed by atoms with van der Waals surface area (Å²) in [6.45, 7) is -0.257. The number of aliphatic hydroxyl groups is 1. The first kappa shape index (κ1) is 15.2. The number of halogens is 3. The number of aliphatic carboxylic acids is 1. The molecule has 0 aromatic carbocycles. The van der Waals surface area contributed by atoms with Gasteiger partial charge >= 0.3 is 12.1 Å². The summed E-state index contributed by atoms with van der Waals surface area (Å²) in [5.74, 6) is -3.98. The second kappa shape index (κ2) is 6.38. The number of aliphatic hydroxyl groups excluding tert-OH is 1. The topological polar surface area (TPSA) is 69.6 Å². The first-order valence-corrected chi connectivity index (χ1v) is 5.97. The molecule has 1 saturated carbocycles. The second-order valence-electron chi connectivity index (χ2n) is 4.72. The van der Waals surface area contributed by atoms with E-state index in [2.05, 4.69) is 5.32 Å². The van der Waals surface area contributed by atoms with Gasteiger partial charge in [-0.05, 0) is 31.2 Å². The van der Waals surface area contributed by atoms with Crippen LogP contribution < -0.4 is 5.32 Å². The summed E-state index contributed by atoms with van der Waals surface area (Å²) in [6, 6.07) is 0. The van der Waals surface area contributed by atoms with Gasteiger partial charge in [0, 0.05) is 13.2 Å². The van der Waals surface area contributed by atoms with Crippen molar-refractivity contribution < 1.29 is 28.2 Å². The van der Waals surface area contributed by atoms with Crippen molar-refractivity contribution in [2.24, 2.45) is 17.8 Å². The molecule has 0 bridgehead atoms. The van der Waals surface area contributed by atoms with Crippen LogP contribution in [0.2, 0.25) is 0 Å². The van der Waals surface area contributed by atoms with Crippen molar-refractivity contribution in [3.05, 3.63) is 0 Å². The fraction of sp³-hybridized carbons (Fsp3) is 0.909. The van der Waals surface area contributed by atoms with Crippen LogP contribution in [0.5, 0.6) is 0 Å². The molecule has 0 spiro atoms. The Morgan fingerprint density at radius 3 is 2.44 bits per heavy atom. The second-order valence-corrected chi connectivity index (χ2v) is 4.72. The Balaban J connectivity index is 2.37. The number of hydrogen-bond donors (Lipinski definition) is 3. The molecule has 0 radical (unpaired) electrons. The zero-order chi connectivity index (χ0) is 13.8. The van der Waals surface area contributed by atoms with E-state index < -0.39 is 24.6 Å². The molecule has 4 nitrogen and oxygen atoms in total. The summed E-state index contributed by atoms with van der Waals surface area (Å²) in [5.41, 5.74) is 0. The lowest BCUT2D eigenvalue weighted by atomic mass is 9.97. The molecule has 0 aromatic heterocycles. The minimum absolute atomic E-state index is 0.0357. The molecule has 3 unspecified atom stereocenters. The lowest BCUT2D eigenvalue weighted by molar-refractivity contribution is -0.192. The average molecular weight is 269 g/mol. The van der Waals surface area contributed by atoms with Crippen LogP contribution in [0, 0.1) is 17.8 Å². The van der Waals surface area contributed by atoms with Gasteiger partial charge in [0.1, 0.15) is 0 Å². The first-order valence-electron chi connectivity index (χ1n) is 5.97. The van der Waals surface area contributed by atoms with Crippen LogP contribution in [0.4, 0.5) is 13.2 Å². The van der Waals surface area contributed by atoms with Gasteiger partial charge in [0.2, 0.25) is 0 Å². The first-order chi connectivity index (χ1) is 8.36. The minimum Gasteiger partial charge on any atom is -0.481 e. The van der Waals surface area contributed by atoms with Crippen molar-refractivity contribution in [3.63, 3.8) is 0 Å². The normalized spacial score (nSPS) is 26.2. The van der Waals surface area contributed by atoms with E-state index in [9.17, 15) is 18.0 Å². The lowest BCUT2D eigenvalue weighted by Gasteiger charge is -2.20. The zero-order valence-corrected chi connectivity index (χ0v) is 9.91. The van der Waals surface area contributed by atoms with E-state index in [1.807, 2.05) is 0 Å². The molecule has 1 fully saturated rings. The third kappa shape index (κ3) is 4.13. The molecular formula is C11H18F3NO3. The smallest absolute Gasteiger partial charge is 0.403 e. The summed E-state index contributed by atoms with van der Waals surface area (Å²) in [5, 5.41) is 20.1. The van der Waals surface area contributed by atoms with Gasteiger partial charge in [-0.25, -0.2) is 0 Å². The molecule has 0 heterocycles. The predicted molar refractivity (Wildman–Crippen MR) is 58.0 cm³/mol. The van der Waals surface area contributed by atoms with Gasteiger partial charge in [-0.1, -0.05) is 6.42 Å². The maximum absolute atomic E-state index is 12.4. The van der Waals surface area contributed by atoms with E-state index in [1.165, 1.54) is 0 Å². The number of nitrogens with one attached hydrogen (secondary N) is 1. The van der Waals surface area contributed by atoms with Gasteiger partial charge in [0.15, 0.2) is 5.92 Å². The number of carbonyl (C=O) groups is 1. The highest BCUT2D eigenvalue weighted by atomic mass is 19.4. The Bertz CT molecular complexity index is 283. The van der Waals surface area contributed by atoms with E-state index in [4.69, 9.17) is 10.2 Å². The fourth-order valence-corrected chi connectivity index (χ4v) is 2.38. The van der Waals surface area contributed by atoms with Crippen molar-refractivity contribution in [1.29, 1.82) is 0 Å².